The quantitative estimate of drug-likeness (QED) is 0.698. The van der Waals surface area contributed by atoms with Gasteiger partial charge in [-0.05, 0) is 59.6 Å². The molecule has 0 unspecified atom stereocenters. The summed E-state index contributed by atoms with van der Waals surface area (Å²) in [7, 11) is 0. The number of anilines is 1. The first-order valence-corrected chi connectivity index (χ1v) is 7.52. The van der Waals surface area contributed by atoms with Crippen LogP contribution in [0.3, 0.4) is 0 Å². The Hall–Kier alpha value is -1.65. The molecule has 21 heavy (non-hydrogen) atoms. The average molecular weight is 365 g/mol. The summed E-state index contributed by atoms with van der Waals surface area (Å²) < 4.78 is 0.663. The van der Waals surface area contributed by atoms with E-state index in [9.17, 15) is 9.59 Å². The molecule has 106 valence electrons. The molecular weight excluding hydrogens is 354 g/mol. The summed E-state index contributed by atoms with van der Waals surface area (Å²) in [6.45, 7) is 3.75. The predicted octanol–water partition coefficient (Wildman–Crippen LogP) is 4.52. The van der Waals surface area contributed by atoms with Crippen LogP contribution in [0.2, 0.25) is 5.02 Å². The highest BCUT2D eigenvalue weighted by Gasteiger charge is 2.37. The summed E-state index contributed by atoms with van der Waals surface area (Å²) in [6.07, 6.45) is 0. The first-order chi connectivity index (χ1) is 9.90. The molecule has 2 amide bonds. The SMILES string of the molecule is Cc1ccc2c(c1)C(=O)N(c1cc(Cl)c(C)cc1Br)C2=O. The van der Waals surface area contributed by atoms with Gasteiger partial charge in [-0.25, -0.2) is 4.90 Å². The van der Waals surface area contributed by atoms with Crippen molar-refractivity contribution >= 4 is 45.0 Å². The molecule has 3 rings (SSSR count). The maximum atomic E-state index is 12.5. The third-order valence-corrected chi connectivity index (χ3v) is 4.55. The number of rotatable bonds is 1. The second kappa shape index (κ2) is 4.97. The molecule has 0 atom stereocenters. The lowest BCUT2D eigenvalue weighted by Crippen LogP contribution is -2.29. The Morgan fingerprint density at radius 1 is 1.00 bits per heavy atom. The van der Waals surface area contributed by atoms with Gasteiger partial charge >= 0.3 is 0 Å². The molecule has 3 nitrogen and oxygen atoms in total. The molecule has 1 heterocycles. The van der Waals surface area contributed by atoms with E-state index in [1.54, 1.807) is 24.3 Å². The van der Waals surface area contributed by atoms with Gasteiger partial charge in [0.2, 0.25) is 0 Å². The number of aryl methyl sites for hydroxylation is 2. The van der Waals surface area contributed by atoms with E-state index in [2.05, 4.69) is 15.9 Å². The molecule has 0 spiro atoms. The lowest BCUT2D eigenvalue weighted by molar-refractivity contribution is 0.0926. The molecule has 0 radical (unpaired) electrons. The van der Waals surface area contributed by atoms with Gasteiger partial charge < -0.3 is 0 Å². The van der Waals surface area contributed by atoms with Crippen LogP contribution in [0.5, 0.6) is 0 Å². The fourth-order valence-corrected chi connectivity index (χ4v) is 3.17. The molecule has 2 aromatic carbocycles. The molecule has 0 bridgehead atoms. The van der Waals surface area contributed by atoms with Crippen LogP contribution in [-0.4, -0.2) is 11.8 Å². The summed E-state index contributed by atoms with van der Waals surface area (Å²) in [4.78, 5) is 26.2. The van der Waals surface area contributed by atoms with Crippen molar-refractivity contribution in [3.63, 3.8) is 0 Å². The van der Waals surface area contributed by atoms with Gasteiger partial charge in [0, 0.05) is 9.50 Å². The summed E-state index contributed by atoms with van der Waals surface area (Å²) >= 11 is 9.53. The number of imide groups is 1. The minimum absolute atomic E-state index is 0.320. The zero-order chi connectivity index (χ0) is 15.3. The van der Waals surface area contributed by atoms with Gasteiger partial charge in [0.1, 0.15) is 0 Å². The molecule has 0 N–H and O–H groups in total. The zero-order valence-electron chi connectivity index (χ0n) is 11.4. The number of halogens is 2. The van der Waals surface area contributed by atoms with Crippen molar-refractivity contribution in [1.82, 2.24) is 0 Å². The standard InChI is InChI=1S/C16H11BrClNO2/c1-8-3-4-10-11(5-8)16(21)19(15(10)20)14-7-13(18)9(2)6-12(14)17/h3-7H,1-2H3. The molecular formula is C16H11BrClNO2. The lowest BCUT2D eigenvalue weighted by atomic mass is 10.1. The number of carbonyl (C=O) groups excluding carboxylic acids is 2. The van der Waals surface area contributed by atoms with Crippen LogP contribution < -0.4 is 4.90 Å². The first-order valence-electron chi connectivity index (χ1n) is 6.35. The van der Waals surface area contributed by atoms with Crippen LogP contribution in [0.4, 0.5) is 5.69 Å². The average Bonchev–Trinajstić information content (AvgIpc) is 2.66. The molecule has 0 aliphatic carbocycles. The van der Waals surface area contributed by atoms with Crippen molar-refractivity contribution in [3.8, 4) is 0 Å². The number of hydrogen-bond acceptors (Lipinski definition) is 2. The number of nitrogens with zero attached hydrogens (tertiary/aromatic N) is 1. The Bertz CT molecular complexity index is 801. The lowest BCUT2D eigenvalue weighted by Gasteiger charge is -2.17. The highest BCUT2D eigenvalue weighted by molar-refractivity contribution is 9.10. The second-order valence-corrected chi connectivity index (χ2v) is 6.31. The van der Waals surface area contributed by atoms with Gasteiger partial charge in [0.05, 0.1) is 16.8 Å². The molecule has 0 aromatic heterocycles. The van der Waals surface area contributed by atoms with Crippen molar-refractivity contribution < 1.29 is 9.59 Å². The topological polar surface area (TPSA) is 37.4 Å². The smallest absolute Gasteiger partial charge is 0.266 e. The largest absolute Gasteiger partial charge is 0.268 e. The summed E-state index contributed by atoms with van der Waals surface area (Å²) in [6, 6.07) is 8.68. The Morgan fingerprint density at radius 2 is 1.67 bits per heavy atom. The fourth-order valence-electron chi connectivity index (χ4n) is 2.38. The van der Waals surface area contributed by atoms with E-state index in [-0.39, 0.29) is 11.8 Å². The minimum atomic E-state index is -0.324. The summed E-state index contributed by atoms with van der Waals surface area (Å²) in [5.74, 6) is -0.644. The maximum absolute atomic E-state index is 12.5. The van der Waals surface area contributed by atoms with E-state index in [1.165, 1.54) is 4.90 Å². The van der Waals surface area contributed by atoms with Gasteiger partial charge in [-0.1, -0.05) is 23.2 Å². The fraction of sp³-hybridized carbons (Fsp3) is 0.125. The van der Waals surface area contributed by atoms with Crippen molar-refractivity contribution in [2.45, 2.75) is 13.8 Å². The zero-order valence-corrected chi connectivity index (χ0v) is 13.7. The third-order valence-electron chi connectivity index (χ3n) is 3.51. The van der Waals surface area contributed by atoms with Gasteiger partial charge in [-0.3, -0.25) is 9.59 Å². The third kappa shape index (κ3) is 2.19. The van der Waals surface area contributed by atoms with Crippen molar-refractivity contribution in [2.24, 2.45) is 0 Å². The molecule has 0 fully saturated rings. The van der Waals surface area contributed by atoms with Crippen LogP contribution in [0.25, 0.3) is 0 Å². The summed E-state index contributed by atoms with van der Waals surface area (Å²) in [5.41, 5.74) is 3.14. The maximum Gasteiger partial charge on any atom is 0.266 e. The van der Waals surface area contributed by atoms with Crippen molar-refractivity contribution in [2.75, 3.05) is 4.90 Å². The number of benzene rings is 2. The van der Waals surface area contributed by atoms with E-state index in [4.69, 9.17) is 11.6 Å². The van der Waals surface area contributed by atoms with Crippen LogP contribution in [0, 0.1) is 13.8 Å². The molecule has 0 saturated heterocycles. The highest BCUT2D eigenvalue weighted by Crippen LogP contribution is 2.36. The predicted molar refractivity (Wildman–Crippen MR) is 86.2 cm³/mol. The van der Waals surface area contributed by atoms with Crippen LogP contribution in [-0.2, 0) is 0 Å². The minimum Gasteiger partial charge on any atom is -0.268 e. The monoisotopic (exact) mass is 363 g/mol. The Kier molecular flexibility index (Phi) is 3.38. The molecule has 5 heteroatoms. The number of carbonyl (C=O) groups is 2. The Balaban J connectivity index is 2.16. The van der Waals surface area contributed by atoms with Crippen LogP contribution in [0.15, 0.2) is 34.8 Å². The Labute approximate surface area is 135 Å². The van der Waals surface area contributed by atoms with Crippen molar-refractivity contribution in [1.29, 1.82) is 0 Å². The Morgan fingerprint density at radius 3 is 2.38 bits per heavy atom. The van der Waals surface area contributed by atoms with Crippen LogP contribution in [0.1, 0.15) is 31.8 Å². The van der Waals surface area contributed by atoms with E-state index in [1.807, 2.05) is 19.9 Å². The number of amides is 2. The molecule has 0 saturated carbocycles. The number of hydrogen-bond donors (Lipinski definition) is 0. The second-order valence-electron chi connectivity index (χ2n) is 5.05. The van der Waals surface area contributed by atoms with E-state index >= 15 is 0 Å². The van der Waals surface area contributed by atoms with E-state index < -0.39 is 0 Å². The van der Waals surface area contributed by atoms with Gasteiger partial charge in [0.25, 0.3) is 11.8 Å². The first kappa shape index (κ1) is 14.3. The normalized spacial score (nSPS) is 13.8. The van der Waals surface area contributed by atoms with Gasteiger partial charge in [0.15, 0.2) is 0 Å². The van der Waals surface area contributed by atoms with E-state index in [0.717, 1.165) is 11.1 Å². The van der Waals surface area contributed by atoms with Crippen molar-refractivity contribution in [3.05, 3.63) is 62.1 Å². The van der Waals surface area contributed by atoms with Crippen LogP contribution >= 0.6 is 27.5 Å². The van der Waals surface area contributed by atoms with Gasteiger partial charge in [-0.15, -0.1) is 0 Å². The van der Waals surface area contributed by atoms with E-state index in [0.29, 0.717) is 26.3 Å². The molecule has 2 aromatic rings. The molecule has 1 aliphatic heterocycles. The van der Waals surface area contributed by atoms with Gasteiger partial charge in [-0.2, -0.15) is 0 Å². The molecule has 1 aliphatic rings. The number of fused-ring (bicyclic) bond motifs is 1. The summed E-state index contributed by atoms with van der Waals surface area (Å²) in [5, 5.41) is 0.515. The highest BCUT2D eigenvalue weighted by atomic mass is 79.9.